The average Bonchev–Trinajstić information content (AvgIpc) is 1.74. The van der Waals surface area contributed by atoms with Crippen molar-refractivity contribution < 1.29 is 43.6 Å². The lowest BCUT2D eigenvalue weighted by molar-refractivity contribution is -0.141. The maximum atomic E-state index is 13.1. The Morgan fingerprint density at radius 3 is 1.45 bits per heavy atom. The van der Waals surface area contributed by atoms with Crippen LogP contribution < -0.4 is 19.6 Å². The van der Waals surface area contributed by atoms with E-state index in [0.29, 0.717) is 86.9 Å². The van der Waals surface area contributed by atoms with Crippen LogP contribution in [0.4, 0.5) is 0 Å². The standard InChI is InChI=1S/C25H23ClIN3O4.C23H20BrClN4O4.C20H17BrClN3O/c1-2-34-18-11-8-16-12-19(25(26)28-20(16)13-18)22-14-21(15-6-9-17(27)10-7-15)29-30(22)23(31)4-3-5-24(32)33;1-2-33-15-5-3-13-9-16(23(25)27-17(13)10-15)19-11-18(14-4-6-20(24)26-12-14)28-29(19)21(30)7-8-22(31)32;1-2-26-15-8-5-13-9-16(20(22)23-17(13)10-15)19-11-18(24-25-19)12-3-6-14(21)7-4-12/h6-13,22H,2-5,14H2,1H3,(H,32,33);3-6,9-10,12,19H,2,7-8,11H2,1H3,(H,31,32);3-10,19,25H,2,11H2,1H3. The van der Waals surface area contributed by atoms with Gasteiger partial charge in [-0.2, -0.15) is 15.3 Å². The topological polar surface area (TPSA) is 244 Å². The molecule has 3 aliphatic heterocycles. The van der Waals surface area contributed by atoms with Crippen molar-refractivity contribution in [3.63, 3.8) is 0 Å². The number of nitrogens with one attached hydrogen (secondary N) is 1. The van der Waals surface area contributed by atoms with Crippen LogP contribution >= 0.6 is 89.3 Å². The number of fused-ring (bicyclic) bond motifs is 3. The van der Waals surface area contributed by atoms with Crippen molar-refractivity contribution in [3.05, 3.63) is 201 Å². The Hall–Kier alpha value is -7.87. The van der Waals surface area contributed by atoms with Crippen molar-refractivity contribution >= 4 is 163 Å². The summed E-state index contributed by atoms with van der Waals surface area (Å²) in [5.41, 5.74) is 13.0. The predicted octanol–water partition coefficient (Wildman–Crippen LogP) is 16.3. The Morgan fingerprint density at radius 1 is 0.538 bits per heavy atom. The molecule has 0 fully saturated rings. The normalized spacial score (nSPS) is 15.8. The number of amides is 2. The first-order valence-corrected chi connectivity index (χ1v) is 33.5. The number of aromatic nitrogens is 4. The third-order valence-electron chi connectivity index (χ3n) is 15.2. The van der Waals surface area contributed by atoms with E-state index in [0.717, 1.165) is 75.6 Å². The van der Waals surface area contributed by atoms with Gasteiger partial charge in [0, 0.05) is 109 Å². The highest BCUT2D eigenvalue weighted by atomic mass is 127. The van der Waals surface area contributed by atoms with Crippen molar-refractivity contribution in [2.75, 3.05) is 19.8 Å². The van der Waals surface area contributed by atoms with Crippen LogP contribution in [-0.2, 0) is 19.2 Å². The van der Waals surface area contributed by atoms with Gasteiger partial charge in [0.05, 0.1) is 78.1 Å². The second-order valence-corrected chi connectivity index (χ2v) is 25.5. The molecule has 0 spiro atoms. The molecule has 478 valence electrons. The number of hydrogen-bond donors (Lipinski definition) is 3. The highest BCUT2D eigenvalue weighted by Crippen LogP contribution is 2.41. The first-order chi connectivity index (χ1) is 44.8. The number of carboxylic acid groups (broad SMARTS) is 2. The van der Waals surface area contributed by atoms with Crippen molar-refractivity contribution in [1.82, 2.24) is 35.4 Å². The number of hydrazone groups is 3. The number of ether oxygens (including phenoxy) is 3. The summed E-state index contributed by atoms with van der Waals surface area (Å²) in [4.78, 5) is 65.8. The fraction of sp³-hybridized carbons (Fsp3) is 0.250. The van der Waals surface area contributed by atoms with Crippen LogP contribution in [0.2, 0.25) is 15.5 Å². The minimum atomic E-state index is -1.05. The number of benzene rings is 5. The van der Waals surface area contributed by atoms with E-state index >= 15 is 0 Å². The molecule has 3 aliphatic rings. The molecule has 4 aromatic heterocycles. The molecule has 19 nitrogen and oxygen atoms in total. The zero-order valence-electron chi connectivity index (χ0n) is 50.3. The molecule has 0 saturated heterocycles. The van der Waals surface area contributed by atoms with Gasteiger partial charge in [-0.25, -0.2) is 30.0 Å². The Morgan fingerprint density at radius 2 is 0.978 bits per heavy atom. The summed E-state index contributed by atoms with van der Waals surface area (Å²) in [6.45, 7) is 7.50. The number of rotatable bonds is 19. The van der Waals surface area contributed by atoms with Crippen LogP contribution in [0.1, 0.15) is 124 Å². The monoisotopic (exact) mass is 1550 g/mol. The van der Waals surface area contributed by atoms with Gasteiger partial charge in [0.25, 0.3) is 0 Å². The molecular formula is C68H60Br2Cl3IN10O9. The maximum absolute atomic E-state index is 13.1. The van der Waals surface area contributed by atoms with Crippen LogP contribution in [0.25, 0.3) is 32.7 Å². The fourth-order valence-electron chi connectivity index (χ4n) is 10.7. The van der Waals surface area contributed by atoms with E-state index in [-0.39, 0.29) is 49.2 Å². The number of halogens is 6. The summed E-state index contributed by atoms with van der Waals surface area (Å²) in [5.74, 6) is -0.401. The molecule has 0 aliphatic carbocycles. The van der Waals surface area contributed by atoms with E-state index in [9.17, 15) is 19.2 Å². The van der Waals surface area contributed by atoms with E-state index in [1.807, 2.05) is 130 Å². The van der Waals surface area contributed by atoms with Gasteiger partial charge >= 0.3 is 11.9 Å². The second-order valence-electron chi connectivity index (χ2n) is 21.4. The van der Waals surface area contributed by atoms with Gasteiger partial charge in [-0.15, -0.1) is 0 Å². The number of nitrogens with zero attached hydrogens (tertiary/aromatic N) is 9. The zero-order valence-corrected chi connectivity index (χ0v) is 57.9. The van der Waals surface area contributed by atoms with E-state index in [4.69, 9.17) is 59.2 Å². The quantitative estimate of drug-likeness (QED) is 0.0504. The molecule has 7 heterocycles. The zero-order chi connectivity index (χ0) is 65.9. The van der Waals surface area contributed by atoms with Gasteiger partial charge in [0.15, 0.2) is 0 Å². The van der Waals surface area contributed by atoms with E-state index in [1.165, 1.54) is 10.0 Å². The fourth-order valence-corrected chi connectivity index (χ4v) is 12.4. The Labute approximate surface area is 581 Å². The van der Waals surface area contributed by atoms with Crippen molar-refractivity contribution in [1.29, 1.82) is 0 Å². The average molecular weight is 1550 g/mol. The third kappa shape index (κ3) is 17.1. The molecule has 3 N–H and O–H groups in total. The van der Waals surface area contributed by atoms with Gasteiger partial charge in [-0.3, -0.25) is 19.2 Å². The third-order valence-corrected chi connectivity index (χ3v) is 17.8. The molecule has 3 atom stereocenters. The summed E-state index contributed by atoms with van der Waals surface area (Å²) < 4.78 is 19.5. The molecule has 25 heteroatoms. The van der Waals surface area contributed by atoms with Gasteiger partial charge < -0.3 is 29.8 Å². The lowest BCUT2D eigenvalue weighted by Crippen LogP contribution is -2.27. The van der Waals surface area contributed by atoms with E-state index in [1.54, 1.807) is 12.3 Å². The number of pyridine rings is 4. The van der Waals surface area contributed by atoms with Crippen molar-refractivity contribution in [2.45, 2.75) is 90.3 Å². The van der Waals surface area contributed by atoms with Crippen molar-refractivity contribution in [2.24, 2.45) is 15.3 Å². The molecule has 12 rings (SSSR count). The summed E-state index contributed by atoms with van der Waals surface area (Å²) in [7, 11) is 0. The SMILES string of the molecule is CCOc1ccc2cc(C3CC(c4ccc(Br)cc4)=NN3)c(Cl)nc2c1.CCOc1ccc2cc(C3CC(c4ccc(Br)nc4)=NN3C(=O)CCC(=O)O)c(Cl)nc2c1.CCOc1ccc2cc(C3CC(c4ccc(I)cc4)=NN3C(=O)CCCC(=O)O)c(Cl)nc2c1. The number of aliphatic carboxylic acids is 2. The second kappa shape index (κ2) is 31.4. The lowest BCUT2D eigenvalue weighted by atomic mass is 9.98. The lowest BCUT2D eigenvalue weighted by Gasteiger charge is -2.23. The van der Waals surface area contributed by atoms with Crippen LogP contribution in [0.3, 0.4) is 0 Å². The number of carboxylic acids is 2. The number of hydrogen-bond acceptors (Lipinski definition) is 15. The molecule has 93 heavy (non-hydrogen) atoms. The van der Waals surface area contributed by atoms with Crippen LogP contribution in [0.15, 0.2) is 164 Å². The van der Waals surface area contributed by atoms with Crippen molar-refractivity contribution in [3.8, 4) is 17.2 Å². The summed E-state index contributed by atoms with van der Waals surface area (Å²) >= 11 is 28.7. The van der Waals surface area contributed by atoms with E-state index < -0.39 is 29.9 Å². The Balaban J connectivity index is 0.000000154. The highest BCUT2D eigenvalue weighted by Gasteiger charge is 2.37. The minimum Gasteiger partial charge on any atom is -0.494 e. The van der Waals surface area contributed by atoms with Gasteiger partial charge in [0.1, 0.15) is 37.3 Å². The predicted molar refractivity (Wildman–Crippen MR) is 376 cm³/mol. The van der Waals surface area contributed by atoms with E-state index in [2.05, 4.69) is 113 Å². The molecule has 5 aromatic carbocycles. The van der Waals surface area contributed by atoms with Crippen LogP contribution in [0.5, 0.6) is 17.2 Å². The largest absolute Gasteiger partial charge is 0.494 e. The summed E-state index contributed by atoms with van der Waals surface area (Å²) in [6, 6.07) is 41.8. The molecule has 2 amide bonds. The van der Waals surface area contributed by atoms with Gasteiger partial charge in [-0.1, -0.05) is 75.0 Å². The van der Waals surface area contributed by atoms with Gasteiger partial charge in [-0.05, 0) is 168 Å². The van der Waals surface area contributed by atoms with Crippen LogP contribution in [0, 0.1) is 3.57 Å². The Kier molecular flexibility index (Phi) is 22.9. The minimum absolute atomic E-state index is 0.0182. The molecule has 0 bridgehead atoms. The first-order valence-electron chi connectivity index (χ1n) is 29.7. The Bertz CT molecular complexity index is 4380. The summed E-state index contributed by atoms with van der Waals surface area (Å²) in [6.07, 6.45) is 3.12. The first kappa shape index (κ1) is 68.0. The highest BCUT2D eigenvalue weighted by molar-refractivity contribution is 14.1. The molecule has 9 aromatic rings. The number of carbonyl (C=O) groups excluding carboxylic acids is 2. The smallest absolute Gasteiger partial charge is 0.303 e. The van der Waals surface area contributed by atoms with Gasteiger partial charge in [0.2, 0.25) is 11.8 Å². The molecule has 3 unspecified atom stereocenters. The van der Waals surface area contributed by atoms with Crippen LogP contribution in [-0.4, -0.2) is 101 Å². The molecular weight excluding hydrogens is 1490 g/mol. The molecule has 0 radical (unpaired) electrons. The summed E-state index contributed by atoms with van der Waals surface area (Å²) in [5, 5.41) is 38.2. The molecule has 0 saturated carbocycles. The maximum Gasteiger partial charge on any atom is 0.303 e. The number of carbonyl (C=O) groups is 4.